The number of carboxylic acids is 1. The fourth-order valence-electron chi connectivity index (χ4n) is 2.24. The fourth-order valence-corrected chi connectivity index (χ4v) is 2.24. The van der Waals surface area contributed by atoms with Gasteiger partial charge >= 0.3 is 5.97 Å². The van der Waals surface area contributed by atoms with Gasteiger partial charge in [-0.3, -0.25) is 9.59 Å². The minimum absolute atomic E-state index is 0.137. The van der Waals surface area contributed by atoms with Gasteiger partial charge in [-0.15, -0.1) is 0 Å². The Morgan fingerprint density at radius 3 is 2.72 bits per heavy atom. The largest absolute Gasteiger partial charge is 0.481 e. The molecule has 1 aromatic rings. The van der Waals surface area contributed by atoms with Gasteiger partial charge in [-0.2, -0.15) is 0 Å². The van der Waals surface area contributed by atoms with E-state index >= 15 is 0 Å². The summed E-state index contributed by atoms with van der Waals surface area (Å²) in [6.07, 6.45) is 1.66. The average Bonchev–Trinajstić information content (AvgIpc) is 2.77. The molecule has 1 saturated carbocycles. The van der Waals surface area contributed by atoms with Gasteiger partial charge in [0, 0.05) is 11.6 Å². The third-order valence-electron chi connectivity index (χ3n) is 3.20. The van der Waals surface area contributed by atoms with Crippen molar-refractivity contribution in [1.29, 1.82) is 0 Å². The zero-order valence-corrected chi connectivity index (χ0v) is 9.73. The van der Waals surface area contributed by atoms with E-state index in [4.69, 9.17) is 5.11 Å². The summed E-state index contributed by atoms with van der Waals surface area (Å²) in [5.74, 6) is -2.02. The van der Waals surface area contributed by atoms with Crippen molar-refractivity contribution in [2.75, 3.05) is 0 Å². The van der Waals surface area contributed by atoms with Crippen LogP contribution in [-0.4, -0.2) is 23.0 Å². The normalized spacial score (nSPS) is 22.7. The van der Waals surface area contributed by atoms with Gasteiger partial charge in [0.05, 0.1) is 5.92 Å². The number of carbonyl (C=O) groups is 2. The highest BCUT2D eigenvalue weighted by molar-refractivity contribution is 5.94. The van der Waals surface area contributed by atoms with Crippen molar-refractivity contribution in [3.05, 3.63) is 35.6 Å². The van der Waals surface area contributed by atoms with Gasteiger partial charge in [0.15, 0.2) is 0 Å². The first-order valence-electron chi connectivity index (χ1n) is 5.85. The number of amides is 1. The highest BCUT2D eigenvalue weighted by atomic mass is 19.1. The lowest BCUT2D eigenvalue weighted by atomic mass is 10.1. The minimum Gasteiger partial charge on any atom is -0.481 e. The lowest BCUT2D eigenvalue weighted by molar-refractivity contribution is -0.141. The molecule has 0 radical (unpaired) electrons. The van der Waals surface area contributed by atoms with Crippen LogP contribution in [-0.2, 0) is 4.79 Å². The molecule has 1 aliphatic carbocycles. The third-order valence-corrected chi connectivity index (χ3v) is 3.20. The maximum Gasteiger partial charge on any atom is 0.306 e. The summed E-state index contributed by atoms with van der Waals surface area (Å²) in [7, 11) is 0. The van der Waals surface area contributed by atoms with Crippen molar-refractivity contribution in [3.8, 4) is 0 Å². The van der Waals surface area contributed by atoms with Crippen LogP contribution in [0.3, 0.4) is 0 Å². The van der Waals surface area contributed by atoms with Crippen LogP contribution >= 0.6 is 0 Å². The van der Waals surface area contributed by atoms with Crippen molar-refractivity contribution in [2.45, 2.75) is 25.3 Å². The SMILES string of the molecule is O=C(N[C@@H]1CC[C@H](C(=O)O)C1)c1cccc(F)c1. The second-order valence-corrected chi connectivity index (χ2v) is 4.53. The molecule has 2 atom stereocenters. The Morgan fingerprint density at radius 2 is 2.11 bits per heavy atom. The molecule has 2 N–H and O–H groups in total. The zero-order valence-electron chi connectivity index (χ0n) is 9.73. The molecule has 0 aromatic heterocycles. The van der Waals surface area contributed by atoms with E-state index in [0.717, 1.165) is 0 Å². The van der Waals surface area contributed by atoms with Gasteiger partial charge < -0.3 is 10.4 Å². The number of hydrogen-bond donors (Lipinski definition) is 2. The Bertz CT molecular complexity index is 475. The van der Waals surface area contributed by atoms with Crippen LogP contribution in [0.1, 0.15) is 29.6 Å². The molecule has 96 valence electrons. The molecule has 4 nitrogen and oxygen atoms in total. The van der Waals surface area contributed by atoms with E-state index in [1.807, 2.05) is 0 Å². The van der Waals surface area contributed by atoms with Crippen molar-refractivity contribution >= 4 is 11.9 Å². The predicted molar refractivity (Wildman–Crippen MR) is 62.6 cm³/mol. The quantitative estimate of drug-likeness (QED) is 0.861. The molecule has 0 saturated heterocycles. The number of benzene rings is 1. The van der Waals surface area contributed by atoms with Gasteiger partial charge in [0.2, 0.25) is 0 Å². The smallest absolute Gasteiger partial charge is 0.306 e. The van der Waals surface area contributed by atoms with E-state index < -0.39 is 11.8 Å². The highest BCUT2D eigenvalue weighted by Gasteiger charge is 2.30. The minimum atomic E-state index is -0.822. The maximum absolute atomic E-state index is 13.0. The first-order valence-corrected chi connectivity index (χ1v) is 5.85. The van der Waals surface area contributed by atoms with Crippen molar-refractivity contribution in [1.82, 2.24) is 5.32 Å². The third kappa shape index (κ3) is 2.85. The molecule has 0 bridgehead atoms. The molecule has 2 rings (SSSR count). The summed E-state index contributed by atoms with van der Waals surface area (Å²) in [6, 6.07) is 5.30. The van der Waals surface area contributed by atoms with Crippen LogP contribution in [0.4, 0.5) is 4.39 Å². The van der Waals surface area contributed by atoms with E-state index in [0.29, 0.717) is 19.3 Å². The average molecular weight is 251 g/mol. The maximum atomic E-state index is 13.0. The summed E-state index contributed by atoms with van der Waals surface area (Å²) >= 11 is 0. The second kappa shape index (κ2) is 5.16. The summed E-state index contributed by atoms with van der Waals surface area (Å²) in [5.41, 5.74) is 0.258. The highest BCUT2D eigenvalue weighted by Crippen LogP contribution is 2.25. The van der Waals surface area contributed by atoms with Crippen LogP contribution < -0.4 is 5.32 Å². The lowest BCUT2D eigenvalue weighted by Gasteiger charge is -2.12. The van der Waals surface area contributed by atoms with E-state index in [2.05, 4.69) is 5.32 Å². The molecule has 1 fully saturated rings. The summed E-state index contributed by atoms with van der Waals surface area (Å²) in [4.78, 5) is 22.6. The first kappa shape index (κ1) is 12.5. The molecule has 0 heterocycles. The number of aliphatic carboxylic acids is 1. The van der Waals surface area contributed by atoms with E-state index in [9.17, 15) is 14.0 Å². The Hall–Kier alpha value is -1.91. The van der Waals surface area contributed by atoms with Gasteiger partial charge in [0.1, 0.15) is 5.82 Å². The summed E-state index contributed by atoms with van der Waals surface area (Å²) in [6.45, 7) is 0. The molecular formula is C13H14FNO3. The molecule has 0 spiro atoms. The Balaban J connectivity index is 1.95. The Labute approximate surface area is 104 Å². The molecule has 0 aliphatic heterocycles. The number of nitrogens with one attached hydrogen (secondary N) is 1. The Kier molecular flexibility index (Phi) is 3.60. The van der Waals surface area contributed by atoms with Crippen molar-refractivity contribution in [2.24, 2.45) is 5.92 Å². The van der Waals surface area contributed by atoms with E-state index in [1.54, 1.807) is 0 Å². The zero-order chi connectivity index (χ0) is 13.1. The van der Waals surface area contributed by atoms with Crippen molar-refractivity contribution < 1.29 is 19.1 Å². The lowest BCUT2D eigenvalue weighted by Crippen LogP contribution is -2.33. The van der Waals surface area contributed by atoms with Gasteiger partial charge in [-0.25, -0.2) is 4.39 Å². The number of carbonyl (C=O) groups excluding carboxylic acids is 1. The fraction of sp³-hybridized carbons (Fsp3) is 0.385. The number of halogens is 1. The van der Waals surface area contributed by atoms with Gasteiger partial charge in [-0.05, 0) is 37.5 Å². The summed E-state index contributed by atoms with van der Waals surface area (Å²) in [5, 5.41) is 11.6. The molecule has 18 heavy (non-hydrogen) atoms. The molecule has 1 aliphatic rings. The number of rotatable bonds is 3. The monoisotopic (exact) mass is 251 g/mol. The van der Waals surface area contributed by atoms with Crippen molar-refractivity contribution in [3.63, 3.8) is 0 Å². The van der Waals surface area contributed by atoms with Gasteiger partial charge in [0.25, 0.3) is 5.91 Å². The number of carboxylic acid groups (broad SMARTS) is 1. The molecule has 1 aromatic carbocycles. The molecule has 0 unspecified atom stereocenters. The first-order chi connectivity index (χ1) is 8.56. The molecule has 5 heteroatoms. The van der Waals surface area contributed by atoms with E-state index in [1.165, 1.54) is 24.3 Å². The molecular weight excluding hydrogens is 237 g/mol. The summed E-state index contributed by atoms with van der Waals surface area (Å²) < 4.78 is 13.0. The standard InChI is InChI=1S/C13H14FNO3/c14-10-3-1-2-8(6-10)12(16)15-11-5-4-9(7-11)13(17)18/h1-3,6,9,11H,4-5,7H2,(H,15,16)(H,17,18)/t9-,11+/m0/s1. The van der Waals surface area contributed by atoms with E-state index in [-0.39, 0.29) is 23.4 Å². The van der Waals surface area contributed by atoms with Crippen LogP contribution in [0.2, 0.25) is 0 Å². The second-order valence-electron chi connectivity index (χ2n) is 4.53. The van der Waals surface area contributed by atoms with Crippen LogP contribution in [0.5, 0.6) is 0 Å². The number of hydrogen-bond acceptors (Lipinski definition) is 2. The topological polar surface area (TPSA) is 66.4 Å². The molecule has 1 amide bonds. The predicted octanol–water partition coefficient (Wildman–Crippen LogP) is 1.81. The van der Waals surface area contributed by atoms with Crippen LogP contribution in [0.25, 0.3) is 0 Å². The van der Waals surface area contributed by atoms with Gasteiger partial charge in [-0.1, -0.05) is 6.07 Å². The van der Waals surface area contributed by atoms with Crippen LogP contribution in [0, 0.1) is 11.7 Å². The Morgan fingerprint density at radius 1 is 1.33 bits per heavy atom. The van der Waals surface area contributed by atoms with Crippen LogP contribution in [0.15, 0.2) is 24.3 Å².